The van der Waals surface area contributed by atoms with Crippen LogP contribution in [0.2, 0.25) is 0 Å². The molecule has 1 aliphatic carbocycles. The highest BCUT2D eigenvalue weighted by Crippen LogP contribution is 2.55. The number of hydrogen-bond acceptors (Lipinski definition) is 2. The normalized spacial score (nSPS) is 20.2. The summed E-state index contributed by atoms with van der Waals surface area (Å²) < 4.78 is 13.1. The van der Waals surface area contributed by atoms with Crippen LogP contribution in [-0.4, -0.2) is 12.0 Å². The zero-order valence-electron chi connectivity index (χ0n) is 7.02. The predicted molar refractivity (Wildman–Crippen MR) is 50.4 cm³/mol. The highest BCUT2D eigenvalue weighted by atomic mass is 35.5. The molecule has 0 aliphatic heterocycles. The van der Waals surface area contributed by atoms with Gasteiger partial charge in [0.25, 0.3) is 0 Å². The first-order valence-electron chi connectivity index (χ1n) is 3.78. The Labute approximate surface area is 80.8 Å². The van der Waals surface area contributed by atoms with Gasteiger partial charge in [0.1, 0.15) is 5.83 Å². The van der Waals surface area contributed by atoms with Crippen molar-refractivity contribution in [3.05, 3.63) is 24.2 Å². The van der Waals surface area contributed by atoms with E-state index in [1.54, 1.807) is 0 Å². The number of aliphatic imine (C=N–C) groups is 1. The van der Waals surface area contributed by atoms with Crippen LogP contribution in [0.3, 0.4) is 0 Å². The lowest BCUT2D eigenvalue weighted by atomic mass is 10.0. The topological polar surface area (TPSA) is 29.4 Å². The van der Waals surface area contributed by atoms with Crippen LogP contribution in [0, 0.1) is 5.41 Å². The molecular weight excluding hydrogens is 193 g/mol. The van der Waals surface area contributed by atoms with E-state index in [1.807, 2.05) is 0 Å². The molecule has 0 bridgehead atoms. The smallest absolute Gasteiger partial charge is 0.233 e. The summed E-state index contributed by atoms with van der Waals surface area (Å²) in [6, 6.07) is 0. The standard InChI is InChI=1S/C9H9ClFNO/c1-3-6(11)7(12-2)9(4-5-9)8(10)13/h3H,1-2,4-5H2/b7-6+. The number of hydrogen-bond donors (Lipinski definition) is 0. The van der Waals surface area contributed by atoms with Crippen molar-refractivity contribution in [3.8, 4) is 0 Å². The Morgan fingerprint density at radius 2 is 2.15 bits per heavy atom. The quantitative estimate of drug-likeness (QED) is 0.391. The van der Waals surface area contributed by atoms with Crippen molar-refractivity contribution in [2.75, 3.05) is 0 Å². The van der Waals surface area contributed by atoms with Crippen LogP contribution in [-0.2, 0) is 4.79 Å². The summed E-state index contributed by atoms with van der Waals surface area (Å²) in [7, 11) is 0. The third kappa shape index (κ3) is 1.56. The van der Waals surface area contributed by atoms with Crippen molar-refractivity contribution in [2.24, 2.45) is 10.4 Å². The van der Waals surface area contributed by atoms with Gasteiger partial charge >= 0.3 is 0 Å². The molecule has 0 aromatic carbocycles. The summed E-state index contributed by atoms with van der Waals surface area (Å²) in [6.45, 7) is 6.47. The molecule has 1 fully saturated rings. The molecule has 0 saturated heterocycles. The molecule has 0 N–H and O–H groups in total. The maximum atomic E-state index is 13.1. The summed E-state index contributed by atoms with van der Waals surface area (Å²) >= 11 is 5.34. The van der Waals surface area contributed by atoms with E-state index in [1.165, 1.54) is 0 Å². The van der Waals surface area contributed by atoms with Gasteiger partial charge in [-0.3, -0.25) is 9.79 Å². The van der Waals surface area contributed by atoms with Crippen LogP contribution >= 0.6 is 11.6 Å². The third-order valence-corrected chi connectivity index (χ3v) is 2.50. The Hall–Kier alpha value is -0.960. The Morgan fingerprint density at radius 3 is 2.38 bits per heavy atom. The highest BCUT2D eigenvalue weighted by Gasteiger charge is 2.53. The lowest BCUT2D eigenvalue weighted by Crippen LogP contribution is -2.12. The van der Waals surface area contributed by atoms with E-state index in [4.69, 9.17) is 11.6 Å². The molecule has 0 spiro atoms. The van der Waals surface area contributed by atoms with Gasteiger partial charge in [-0.25, -0.2) is 4.39 Å². The first kappa shape index (κ1) is 10.1. The monoisotopic (exact) mass is 201 g/mol. The second kappa shape index (κ2) is 3.42. The molecule has 0 amide bonds. The van der Waals surface area contributed by atoms with E-state index in [-0.39, 0.29) is 5.70 Å². The minimum Gasteiger partial charge on any atom is -0.280 e. The average molecular weight is 202 g/mol. The van der Waals surface area contributed by atoms with E-state index >= 15 is 0 Å². The maximum absolute atomic E-state index is 13.1. The van der Waals surface area contributed by atoms with Crippen LogP contribution in [0.1, 0.15) is 12.8 Å². The Morgan fingerprint density at radius 1 is 1.62 bits per heavy atom. The molecule has 70 valence electrons. The van der Waals surface area contributed by atoms with Crippen molar-refractivity contribution >= 4 is 23.6 Å². The molecule has 1 rings (SSSR count). The minimum absolute atomic E-state index is 0.0162. The fraction of sp³-hybridized carbons (Fsp3) is 0.333. The van der Waals surface area contributed by atoms with Crippen LogP contribution in [0.15, 0.2) is 29.2 Å². The molecular formula is C9H9ClFNO. The number of carbonyl (C=O) groups is 1. The first-order valence-corrected chi connectivity index (χ1v) is 4.15. The Balaban J connectivity index is 3.11. The summed E-state index contributed by atoms with van der Waals surface area (Å²) in [5.41, 5.74) is -0.913. The predicted octanol–water partition coefficient (Wildman–Crippen LogP) is 2.60. The number of allylic oxidation sites excluding steroid dienone is 3. The van der Waals surface area contributed by atoms with Crippen molar-refractivity contribution in [1.82, 2.24) is 0 Å². The first-order chi connectivity index (χ1) is 6.08. The van der Waals surface area contributed by atoms with Gasteiger partial charge in [0, 0.05) is 0 Å². The molecule has 0 aromatic heterocycles. The zero-order valence-corrected chi connectivity index (χ0v) is 7.77. The van der Waals surface area contributed by atoms with Crippen molar-refractivity contribution in [2.45, 2.75) is 12.8 Å². The van der Waals surface area contributed by atoms with Crippen LogP contribution < -0.4 is 0 Å². The summed E-state index contributed by atoms with van der Waals surface area (Å²) in [5.74, 6) is -0.624. The molecule has 0 aromatic rings. The molecule has 0 unspecified atom stereocenters. The van der Waals surface area contributed by atoms with Gasteiger partial charge < -0.3 is 0 Å². The van der Waals surface area contributed by atoms with Crippen molar-refractivity contribution < 1.29 is 9.18 Å². The van der Waals surface area contributed by atoms with Crippen molar-refractivity contribution in [1.29, 1.82) is 0 Å². The molecule has 2 nitrogen and oxygen atoms in total. The molecule has 1 aliphatic rings. The average Bonchev–Trinajstić information content (AvgIpc) is 2.86. The number of nitrogens with zero attached hydrogens (tertiary/aromatic N) is 1. The van der Waals surface area contributed by atoms with E-state index in [0.29, 0.717) is 12.8 Å². The Bertz CT molecular complexity index is 305. The molecule has 0 radical (unpaired) electrons. The summed E-state index contributed by atoms with van der Waals surface area (Å²) in [4.78, 5) is 14.5. The minimum atomic E-state index is -0.929. The number of carbonyl (C=O) groups excluding carboxylic acids is 1. The second-order valence-corrected chi connectivity index (χ2v) is 3.26. The van der Waals surface area contributed by atoms with Gasteiger partial charge in [0.2, 0.25) is 5.24 Å². The number of halogens is 2. The second-order valence-electron chi connectivity index (χ2n) is 2.91. The van der Waals surface area contributed by atoms with E-state index in [2.05, 4.69) is 18.3 Å². The molecule has 13 heavy (non-hydrogen) atoms. The van der Waals surface area contributed by atoms with Gasteiger partial charge in [-0.2, -0.15) is 0 Å². The van der Waals surface area contributed by atoms with Gasteiger partial charge in [-0.05, 0) is 37.2 Å². The summed E-state index contributed by atoms with van der Waals surface area (Å²) in [5, 5.41) is -0.577. The fourth-order valence-electron chi connectivity index (χ4n) is 1.20. The maximum Gasteiger partial charge on any atom is 0.233 e. The lowest BCUT2D eigenvalue weighted by Gasteiger charge is -2.09. The molecule has 0 atom stereocenters. The fourth-order valence-corrected chi connectivity index (χ4v) is 1.48. The molecule has 0 heterocycles. The van der Waals surface area contributed by atoms with Gasteiger partial charge in [0.05, 0.1) is 11.1 Å². The zero-order chi connectivity index (χ0) is 10.1. The van der Waals surface area contributed by atoms with E-state index in [9.17, 15) is 9.18 Å². The van der Waals surface area contributed by atoms with Gasteiger partial charge in [-0.1, -0.05) is 6.58 Å². The largest absolute Gasteiger partial charge is 0.280 e. The third-order valence-electron chi connectivity index (χ3n) is 2.14. The summed E-state index contributed by atoms with van der Waals surface area (Å²) in [6.07, 6.45) is 2.07. The molecule has 1 saturated carbocycles. The van der Waals surface area contributed by atoms with Crippen molar-refractivity contribution in [3.63, 3.8) is 0 Å². The van der Waals surface area contributed by atoms with E-state index < -0.39 is 16.5 Å². The van der Waals surface area contributed by atoms with E-state index in [0.717, 1.165) is 6.08 Å². The number of rotatable bonds is 4. The molecule has 4 heteroatoms. The SMILES string of the molecule is C=C/C(F)=C(\N=C)C1(C(=O)Cl)CC1. The van der Waals surface area contributed by atoms with Gasteiger partial charge in [-0.15, -0.1) is 0 Å². The Kier molecular flexibility index (Phi) is 2.66. The highest BCUT2D eigenvalue weighted by molar-refractivity contribution is 6.65. The van der Waals surface area contributed by atoms with Crippen LogP contribution in [0.25, 0.3) is 0 Å². The lowest BCUT2D eigenvalue weighted by molar-refractivity contribution is -0.115. The van der Waals surface area contributed by atoms with Crippen LogP contribution in [0.4, 0.5) is 4.39 Å². The van der Waals surface area contributed by atoms with Gasteiger partial charge in [0.15, 0.2) is 0 Å². The van der Waals surface area contributed by atoms with Crippen LogP contribution in [0.5, 0.6) is 0 Å².